The first-order chi connectivity index (χ1) is 14.0. The predicted octanol–water partition coefficient (Wildman–Crippen LogP) is 3.19. The molecule has 3 aromatic rings. The smallest absolute Gasteiger partial charge is 0.273 e. The van der Waals surface area contributed by atoms with Crippen molar-refractivity contribution in [3.05, 3.63) is 75.7 Å². The van der Waals surface area contributed by atoms with Gasteiger partial charge in [-0.1, -0.05) is 41.6 Å². The Labute approximate surface area is 172 Å². The molecule has 0 unspecified atom stereocenters. The summed E-state index contributed by atoms with van der Waals surface area (Å²) in [6.07, 6.45) is 0.369. The fourth-order valence-electron chi connectivity index (χ4n) is 2.56. The molecule has 0 spiro atoms. The molecule has 0 radical (unpaired) electrons. The molecule has 0 aliphatic rings. The van der Waals surface area contributed by atoms with E-state index in [0.717, 1.165) is 34.3 Å². The van der Waals surface area contributed by atoms with Gasteiger partial charge in [-0.15, -0.1) is 10.2 Å². The lowest BCUT2D eigenvalue weighted by Gasteiger charge is -2.06. The van der Waals surface area contributed by atoms with Gasteiger partial charge in [0.25, 0.3) is 5.56 Å². The molecular weight excluding hydrogens is 388 g/mol. The highest BCUT2D eigenvalue weighted by Crippen LogP contribution is 2.15. The first kappa shape index (κ1) is 20.6. The maximum atomic E-state index is 12.3. The first-order valence-corrected chi connectivity index (χ1v) is 10.2. The molecule has 3 rings (SSSR count). The zero-order chi connectivity index (χ0) is 20.6. The molecule has 1 aromatic heterocycles. The Balaban J connectivity index is 1.55. The van der Waals surface area contributed by atoms with Crippen LogP contribution in [-0.2, 0) is 11.2 Å². The van der Waals surface area contributed by atoms with Crippen LogP contribution in [0.15, 0.2) is 58.5 Å². The van der Waals surface area contributed by atoms with Gasteiger partial charge in [-0.2, -0.15) is 0 Å². The molecule has 1 amide bonds. The molecule has 7 nitrogen and oxygen atoms in total. The van der Waals surface area contributed by atoms with E-state index >= 15 is 0 Å². The first-order valence-electron chi connectivity index (χ1n) is 9.20. The van der Waals surface area contributed by atoms with Crippen molar-refractivity contribution >= 4 is 23.4 Å². The molecule has 150 valence electrons. The number of carbonyl (C=O) groups is 1. The molecule has 0 aliphatic carbocycles. The highest BCUT2D eigenvalue weighted by molar-refractivity contribution is 7.99. The Morgan fingerprint density at radius 2 is 1.83 bits per heavy atom. The molecule has 0 saturated carbocycles. The topological polar surface area (TPSA) is 97.0 Å². The van der Waals surface area contributed by atoms with Gasteiger partial charge in [0.05, 0.1) is 12.4 Å². The fraction of sp³-hybridized carbons (Fsp3) is 0.238. The van der Waals surface area contributed by atoms with Gasteiger partial charge >= 0.3 is 0 Å². The minimum atomic E-state index is -0.310. The van der Waals surface area contributed by atoms with Crippen molar-refractivity contribution in [1.29, 1.82) is 0 Å². The average Bonchev–Trinajstić information content (AvgIpc) is 2.71. The van der Waals surface area contributed by atoms with Crippen LogP contribution in [0.1, 0.15) is 23.7 Å². The summed E-state index contributed by atoms with van der Waals surface area (Å²) in [5.74, 6) is 0.725. The zero-order valence-electron chi connectivity index (χ0n) is 16.3. The molecule has 29 heavy (non-hydrogen) atoms. The van der Waals surface area contributed by atoms with Crippen molar-refractivity contribution in [2.75, 3.05) is 17.7 Å². The standard InChI is InChI=1S/C21H22N4O3S/c1-3-28-17-10-6-15(7-11-17)12-18-20(27)23-21(25-24-18)29-13-19(26)22-16-8-4-14(2)5-9-16/h4-11H,3,12-13H2,1-2H3,(H,22,26)(H,23,25,27). The number of aromatic nitrogens is 3. The van der Waals surface area contributed by atoms with E-state index in [2.05, 4.69) is 20.5 Å². The third kappa shape index (κ3) is 6.18. The van der Waals surface area contributed by atoms with Gasteiger partial charge in [0.2, 0.25) is 5.91 Å². The minimum absolute atomic E-state index is 0.122. The van der Waals surface area contributed by atoms with E-state index in [0.29, 0.717) is 23.9 Å². The summed E-state index contributed by atoms with van der Waals surface area (Å²) in [5, 5.41) is 11.2. The van der Waals surface area contributed by atoms with E-state index in [-0.39, 0.29) is 17.2 Å². The van der Waals surface area contributed by atoms with Crippen LogP contribution in [0.5, 0.6) is 5.75 Å². The van der Waals surface area contributed by atoms with Crippen LogP contribution in [0.3, 0.4) is 0 Å². The number of hydrogen-bond acceptors (Lipinski definition) is 6. The number of hydrogen-bond donors (Lipinski definition) is 2. The van der Waals surface area contributed by atoms with Crippen LogP contribution < -0.4 is 15.6 Å². The fourth-order valence-corrected chi connectivity index (χ4v) is 3.16. The summed E-state index contributed by atoms with van der Waals surface area (Å²) < 4.78 is 5.41. The number of H-pyrrole nitrogens is 1. The molecule has 0 atom stereocenters. The second-order valence-corrected chi connectivity index (χ2v) is 7.33. The monoisotopic (exact) mass is 410 g/mol. The second kappa shape index (κ2) is 9.88. The third-order valence-electron chi connectivity index (χ3n) is 4.03. The summed E-state index contributed by atoms with van der Waals surface area (Å²) >= 11 is 1.13. The van der Waals surface area contributed by atoms with Crippen molar-refractivity contribution < 1.29 is 9.53 Å². The van der Waals surface area contributed by atoms with E-state index in [9.17, 15) is 9.59 Å². The van der Waals surface area contributed by atoms with Gasteiger partial charge in [0, 0.05) is 12.1 Å². The van der Waals surface area contributed by atoms with E-state index in [1.807, 2.05) is 62.4 Å². The number of amides is 1. The number of thioether (sulfide) groups is 1. The van der Waals surface area contributed by atoms with Gasteiger partial charge in [0.15, 0.2) is 5.16 Å². The summed E-state index contributed by atoms with van der Waals surface area (Å²) in [6.45, 7) is 4.51. The summed E-state index contributed by atoms with van der Waals surface area (Å²) in [4.78, 5) is 27.0. The highest BCUT2D eigenvalue weighted by Gasteiger charge is 2.09. The van der Waals surface area contributed by atoms with Crippen LogP contribution in [0, 0.1) is 6.92 Å². The van der Waals surface area contributed by atoms with Crippen molar-refractivity contribution in [3.8, 4) is 5.75 Å². The van der Waals surface area contributed by atoms with Crippen LogP contribution in [0.2, 0.25) is 0 Å². The second-order valence-electron chi connectivity index (χ2n) is 6.36. The Kier molecular flexibility index (Phi) is 7.02. The van der Waals surface area contributed by atoms with Crippen molar-refractivity contribution in [1.82, 2.24) is 15.2 Å². The molecule has 8 heteroatoms. The van der Waals surface area contributed by atoms with Gasteiger partial charge in [0.1, 0.15) is 11.4 Å². The van der Waals surface area contributed by atoms with Crippen LogP contribution in [0.4, 0.5) is 5.69 Å². The molecule has 0 saturated heterocycles. The number of rotatable bonds is 8. The number of aromatic amines is 1. The molecule has 2 N–H and O–H groups in total. The summed E-state index contributed by atoms with van der Waals surface area (Å²) in [6, 6.07) is 15.0. The lowest BCUT2D eigenvalue weighted by molar-refractivity contribution is -0.113. The molecule has 1 heterocycles. The highest BCUT2D eigenvalue weighted by atomic mass is 32.2. The van der Waals surface area contributed by atoms with E-state index in [1.54, 1.807) is 0 Å². The van der Waals surface area contributed by atoms with Crippen LogP contribution >= 0.6 is 11.8 Å². The molecule has 0 bridgehead atoms. The quantitative estimate of drug-likeness (QED) is 0.554. The minimum Gasteiger partial charge on any atom is -0.494 e. The maximum Gasteiger partial charge on any atom is 0.273 e. The normalized spacial score (nSPS) is 10.6. The SMILES string of the molecule is CCOc1ccc(Cc2nnc(SCC(=O)Nc3ccc(C)cc3)[nH]c2=O)cc1. The van der Waals surface area contributed by atoms with Crippen molar-refractivity contribution in [3.63, 3.8) is 0 Å². The van der Waals surface area contributed by atoms with Crippen LogP contribution in [-0.4, -0.2) is 33.4 Å². The number of nitrogens with one attached hydrogen (secondary N) is 2. The lowest BCUT2D eigenvalue weighted by atomic mass is 10.1. The van der Waals surface area contributed by atoms with E-state index < -0.39 is 0 Å². The average molecular weight is 410 g/mol. The summed E-state index contributed by atoms with van der Waals surface area (Å²) in [7, 11) is 0. The number of aryl methyl sites for hydroxylation is 1. The van der Waals surface area contributed by atoms with E-state index in [4.69, 9.17) is 4.74 Å². The van der Waals surface area contributed by atoms with E-state index in [1.165, 1.54) is 0 Å². The molecule has 2 aromatic carbocycles. The summed E-state index contributed by atoms with van der Waals surface area (Å²) in [5.41, 5.74) is 2.80. The Hall–Kier alpha value is -3.13. The number of nitrogens with zero attached hydrogens (tertiary/aromatic N) is 2. The van der Waals surface area contributed by atoms with Crippen molar-refractivity contribution in [2.24, 2.45) is 0 Å². The van der Waals surface area contributed by atoms with Gasteiger partial charge in [-0.25, -0.2) is 0 Å². The predicted molar refractivity (Wildman–Crippen MR) is 114 cm³/mol. The van der Waals surface area contributed by atoms with Crippen molar-refractivity contribution in [2.45, 2.75) is 25.4 Å². The lowest BCUT2D eigenvalue weighted by Crippen LogP contribution is -2.19. The third-order valence-corrected chi connectivity index (χ3v) is 4.89. The number of ether oxygens (including phenoxy) is 1. The van der Waals surface area contributed by atoms with Gasteiger partial charge in [-0.3, -0.25) is 14.6 Å². The zero-order valence-corrected chi connectivity index (χ0v) is 17.1. The number of anilines is 1. The molecule has 0 aliphatic heterocycles. The van der Waals surface area contributed by atoms with Gasteiger partial charge in [-0.05, 0) is 43.7 Å². The largest absolute Gasteiger partial charge is 0.494 e. The van der Waals surface area contributed by atoms with Crippen LogP contribution in [0.25, 0.3) is 0 Å². The Bertz CT molecular complexity index is 1020. The number of benzene rings is 2. The maximum absolute atomic E-state index is 12.3. The van der Waals surface area contributed by atoms with Gasteiger partial charge < -0.3 is 10.1 Å². The molecule has 0 fully saturated rings. The Morgan fingerprint density at radius 3 is 2.48 bits per heavy atom. The Morgan fingerprint density at radius 1 is 1.10 bits per heavy atom. The number of carbonyl (C=O) groups excluding carboxylic acids is 1. The molecular formula is C21H22N4O3S.